The third kappa shape index (κ3) is 4.58. The molecule has 3 aromatic rings. The lowest BCUT2D eigenvalue weighted by molar-refractivity contribution is -0.121. The summed E-state index contributed by atoms with van der Waals surface area (Å²) in [6, 6.07) is 19.0. The van der Waals surface area contributed by atoms with Crippen LogP contribution in [0.3, 0.4) is 0 Å². The molecule has 2 aromatic carbocycles. The topological polar surface area (TPSA) is 88.9 Å². The highest BCUT2D eigenvalue weighted by Crippen LogP contribution is 2.20. The Morgan fingerprint density at radius 2 is 1.63 bits per heavy atom. The van der Waals surface area contributed by atoms with Gasteiger partial charge in [-0.1, -0.05) is 61.9 Å². The average Bonchev–Trinajstić information content (AvgIpc) is 3.17. The lowest BCUT2D eigenvalue weighted by Crippen LogP contribution is -2.42. The van der Waals surface area contributed by atoms with Crippen LogP contribution >= 0.6 is 0 Å². The molecule has 27 heavy (non-hydrogen) atoms. The summed E-state index contributed by atoms with van der Waals surface area (Å²) >= 11 is 0. The molecule has 1 aromatic heterocycles. The number of carbonyl (C=O) groups is 2. The molecule has 0 aliphatic rings. The molecule has 0 atom stereocenters. The molecule has 0 bridgehead atoms. The Balaban J connectivity index is 1.86. The lowest BCUT2D eigenvalue weighted by Gasteiger charge is -2.05. The summed E-state index contributed by atoms with van der Waals surface area (Å²) in [6.45, 7) is 2.00. The summed E-state index contributed by atoms with van der Waals surface area (Å²) in [5.41, 5.74) is 6.39. The van der Waals surface area contributed by atoms with Gasteiger partial charge in [-0.05, 0) is 18.6 Å². The normalized spacial score (nSPS) is 10.4. The molecule has 0 spiro atoms. The third-order valence-electron chi connectivity index (χ3n) is 3.92. The van der Waals surface area contributed by atoms with E-state index in [2.05, 4.69) is 20.9 Å². The Labute approximate surface area is 157 Å². The number of aromatic nitrogens is 3. The van der Waals surface area contributed by atoms with Crippen LogP contribution in [0.4, 0.5) is 0 Å². The van der Waals surface area contributed by atoms with Gasteiger partial charge in [0.15, 0.2) is 5.82 Å². The fraction of sp³-hybridized carbons (Fsp3) is 0.200. The second kappa shape index (κ2) is 8.75. The molecule has 0 saturated carbocycles. The quantitative estimate of drug-likeness (QED) is 0.659. The predicted octanol–water partition coefficient (Wildman–Crippen LogP) is 2.89. The van der Waals surface area contributed by atoms with Crippen molar-refractivity contribution in [2.75, 3.05) is 0 Å². The maximum Gasteiger partial charge on any atom is 0.309 e. The molecule has 7 heteroatoms. The first kappa shape index (κ1) is 18.3. The minimum atomic E-state index is -0.563. The van der Waals surface area contributed by atoms with E-state index in [0.29, 0.717) is 12.2 Å². The van der Waals surface area contributed by atoms with Gasteiger partial charge in [0.2, 0.25) is 11.7 Å². The first-order valence-electron chi connectivity index (χ1n) is 8.86. The van der Waals surface area contributed by atoms with Crippen molar-refractivity contribution >= 4 is 11.8 Å². The zero-order valence-corrected chi connectivity index (χ0v) is 15.1. The van der Waals surface area contributed by atoms with Crippen LogP contribution in [0.1, 0.15) is 36.8 Å². The van der Waals surface area contributed by atoms with Crippen molar-refractivity contribution in [3.05, 3.63) is 66.5 Å². The highest BCUT2D eigenvalue weighted by atomic mass is 16.2. The van der Waals surface area contributed by atoms with E-state index in [9.17, 15) is 9.59 Å². The van der Waals surface area contributed by atoms with Crippen LogP contribution in [-0.2, 0) is 4.79 Å². The number of hydrogen-bond donors (Lipinski definition) is 2. The Morgan fingerprint density at radius 1 is 0.963 bits per heavy atom. The van der Waals surface area contributed by atoms with Gasteiger partial charge in [0.05, 0.1) is 5.69 Å². The second-order valence-corrected chi connectivity index (χ2v) is 5.98. The summed E-state index contributed by atoms with van der Waals surface area (Å²) in [5, 5.41) is 4.34. The standard InChI is InChI=1S/C20H21N5O2/c1-2-3-14-17(26)22-23-20(27)18-21-19(15-10-6-4-7-11-15)25(24-18)16-12-8-5-9-13-16/h4-13H,2-3,14H2,1H3,(H,22,26)(H,23,27). The number of rotatable bonds is 6. The summed E-state index contributed by atoms with van der Waals surface area (Å²) in [7, 11) is 0. The molecule has 0 radical (unpaired) electrons. The van der Waals surface area contributed by atoms with E-state index in [0.717, 1.165) is 24.1 Å². The number of unbranched alkanes of at least 4 members (excludes halogenated alkanes) is 1. The van der Waals surface area contributed by atoms with E-state index < -0.39 is 5.91 Å². The van der Waals surface area contributed by atoms with Gasteiger partial charge in [0.1, 0.15) is 0 Å². The fourth-order valence-corrected chi connectivity index (χ4v) is 2.51. The van der Waals surface area contributed by atoms with Gasteiger partial charge in [-0.25, -0.2) is 9.67 Å². The van der Waals surface area contributed by atoms with E-state index in [1.807, 2.05) is 67.6 Å². The van der Waals surface area contributed by atoms with E-state index in [4.69, 9.17) is 0 Å². The van der Waals surface area contributed by atoms with Gasteiger partial charge < -0.3 is 0 Å². The molecule has 0 unspecified atom stereocenters. The molecular weight excluding hydrogens is 342 g/mol. The number of nitrogens with one attached hydrogen (secondary N) is 2. The minimum absolute atomic E-state index is 0.0199. The number of benzene rings is 2. The van der Waals surface area contributed by atoms with Gasteiger partial charge in [-0.2, -0.15) is 0 Å². The first-order valence-corrected chi connectivity index (χ1v) is 8.86. The SMILES string of the molecule is CCCCC(=O)NNC(=O)c1nc(-c2ccccc2)n(-c2ccccc2)n1. The third-order valence-corrected chi connectivity index (χ3v) is 3.92. The molecule has 0 fully saturated rings. The van der Waals surface area contributed by atoms with E-state index in [-0.39, 0.29) is 11.7 Å². The van der Waals surface area contributed by atoms with E-state index in [1.165, 1.54) is 0 Å². The molecule has 2 amide bonds. The highest BCUT2D eigenvalue weighted by molar-refractivity contribution is 5.92. The van der Waals surface area contributed by atoms with Crippen molar-refractivity contribution < 1.29 is 9.59 Å². The van der Waals surface area contributed by atoms with E-state index in [1.54, 1.807) is 4.68 Å². The molecule has 2 N–H and O–H groups in total. The van der Waals surface area contributed by atoms with Crippen LogP contribution in [0.25, 0.3) is 17.1 Å². The van der Waals surface area contributed by atoms with Crippen molar-refractivity contribution in [2.24, 2.45) is 0 Å². The van der Waals surface area contributed by atoms with Crippen LogP contribution in [-0.4, -0.2) is 26.6 Å². The van der Waals surface area contributed by atoms with Gasteiger partial charge >= 0.3 is 5.91 Å². The molecule has 7 nitrogen and oxygen atoms in total. The number of carbonyl (C=O) groups excluding carboxylic acids is 2. The van der Waals surface area contributed by atoms with Gasteiger partial charge in [0, 0.05) is 12.0 Å². The van der Waals surface area contributed by atoms with E-state index >= 15 is 0 Å². The Kier molecular flexibility index (Phi) is 5.94. The summed E-state index contributed by atoms with van der Waals surface area (Å²) in [6.07, 6.45) is 2.03. The molecule has 1 heterocycles. The van der Waals surface area contributed by atoms with Crippen LogP contribution in [0.5, 0.6) is 0 Å². The highest BCUT2D eigenvalue weighted by Gasteiger charge is 2.19. The van der Waals surface area contributed by atoms with Crippen molar-refractivity contribution in [2.45, 2.75) is 26.2 Å². The second-order valence-electron chi connectivity index (χ2n) is 5.98. The number of hydrogen-bond acceptors (Lipinski definition) is 4. The molecule has 138 valence electrons. The maximum atomic E-state index is 12.4. The first-order chi connectivity index (χ1) is 13.2. The number of nitrogens with zero attached hydrogens (tertiary/aromatic N) is 3. The Bertz CT molecular complexity index is 850. The van der Waals surface area contributed by atoms with Crippen LogP contribution in [0.15, 0.2) is 60.7 Å². The van der Waals surface area contributed by atoms with Gasteiger partial charge in [-0.3, -0.25) is 20.4 Å². The monoisotopic (exact) mass is 363 g/mol. The average molecular weight is 363 g/mol. The number of amides is 2. The minimum Gasteiger partial charge on any atom is -0.273 e. The van der Waals surface area contributed by atoms with Crippen molar-refractivity contribution in [1.29, 1.82) is 0 Å². The molecule has 0 saturated heterocycles. The maximum absolute atomic E-state index is 12.4. The van der Waals surface area contributed by atoms with Crippen molar-refractivity contribution in [1.82, 2.24) is 25.6 Å². The van der Waals surface area contributed by atoms with Crippen LogP contribution in [0.2, 0.25) is 0 Å². The number of para-hydroxylation sites is 1. The van der Waals surface area contributed by atoms with Crippen molar-refractivity contribution in [3.8, 4) is 17.1 Å². The molecule has 3 rings (SSSR count). The number of hydrazine groups is 1. The fourth-order valence-electron chi connectivity index (χ4n) is 2.51. The van der Waals surface area contributed by atoms with Crippen LogP contribution < -0.4 is 10.9 Å². The zero-order valence-electron chi connectivity index (χ0n) is 15.1. The predicted molar refractivity (Wildman–Crippen MR) is 102 cm³/mol. The smallest absolute Gasteiger partial charge is 0.273 e. The van der Waals surface area contributed by atoms with Gasteiger partial charge in [0.25, 0.3) is 0 Å². The zero-order chi connectivity index (χ0) is 19.1. The summed E-state index contributed by atoms with van der Waals surface area (Å²) < 4.78 is 1.61. The Morgan fingerprint density at radius 3 is 2.30 bits per heavy atom. The summed E-state index contributed by atoms with van der Waals surface area (Å²) in [4.78, 5) is 28.5. The molecule has 0 aliphatic carbocycles. The van der Waals surface area contributed by atoms with Gasteiger partial charge in [-0.15, -0.1) is 5.10 Å². The largest absolute Gasteiger partial charge is 0.309 e. The molecular formula is C20H21N5O2. The Hall–Kier alpha value is -3.48. The van der Waals surface area contributed by atoms with Crippen molar-refractivity contribution in [3.63, 3.8) is 0 Å². The lowest BCUT2D eigenvalue weighted by atomic mass is 10.2. The summed E-state index contributed by atoms with van der Waals surface area (Å²) in [5.74, 6) is -0.277. The van der Waals surface area contributed by atoms with Crippen LogP contribution in [0, 0.1) is 0 Å². The molecule has 0 aliphatic heterocycles.